The van der Waals surface area contributed by atoms with E-state index in [0.717, 1.165) is 11.1 Å². The number of hydrogen-bond donors (Lipinski definition) is 0. The van der Waals surface area contributed by atoms with Gasteiger partial charge in [-0.25, -0.2) is 8.42 Å². The highest BCUT2D eigenvalue weighted by Crippen LogP contribution is 2.37. The lowest BCUT2D eigenvalue weighted by atomic mass is 10.00. The molecule has 0 amide bonds. The zero-order valence-electron chi connectivity index (χ0n) is 19.1. The molecule has 7 heteroatoms. The Bertz CT molecular complexity index is 1280. The SMILES string of the molecule is COc1ccc(S(=O)(=O)N(Cc2cccc3c2OC(C)(C)C=C3)c2ccccc2)cc1OC. The lowest BCUT2D eigenvalue weighted by molar-refractivity contribution is 0.157. The van der Waals surface area contributed by atoms with Crippen LogP contribution in [0, 0.1) is 0 Å². The first-order valence-corrected chi connectivity index (χ1v) is 12.0. The van der Waals surface area contributed by atoms with Crippen LogP contribution >= 0.6 is 0 Å². The van der Waals surface area contributed by atoms with E-state index in [0.29, 0.717) is 22.9 Å². The molecule has 4 rings (SSSR count). The van der Waals surface area contributed by atoms with Gasteiger partial charge in [0, 0.05) is 17.2 Å². The molecule has 0 unspecified atom stereocenters. The number of methoxy groups -OCH3 is 2. The van der Waals surface area contributed by atoms with E-state index in [2.05, 4.69) is 0 Å². The first-order valence-electron chi connectivity index (χ1n) is 10.5. The van der Waals surface area contributed by atoms with Crippen molar-refractivity contribution in [2.75, 3.05) is 18.5 Å². The van der Waals surface area contributed by atoms with E-state index in [1.165, 1.54) is 30.7 Å². The third-order valence-electron chi connectivity index (χ3n) is 5.46. The number of benzene rings is 3. The first kappa shape index (κ1) is 22.7. The van der Waals surface area contributed by atoms with Crippen LogP contribution in [-0.2, 0) is 16.6 Å². The number of anilines is 1. The number of rotatable bonds is 7. The number of sulfonamides is 1. The highest BCUT2D eigenvalue weighted by atomic mass is 32.2. The Hall–Kier alpha value is -3.45. The number of fused-ring (bicyclic) bond motifs is 1. The molecule has 0 spiro atoms. The van der Waals surface area contributed by atoms with Crippen molar-refractivity contribution in [1.82, 2.24) is 0 Å². The van der Waals surface area contributed by atoms with Crippen LogP contribution in [-0.4, -0.2) is 28.2 Å². The van der Waals surface area contributed by atoms with Crippen molar-refractivity contribution in [3.8, 4) is 17.2 Å². The summed E-state index contributed by atoms with van der Waals surface area (Å²) in [7, 11) is -0.952. The van der Waals surface area contributed by atoms with Gasteiger partial charge in [-0.1, -0.05) is 42.5 Å². The minimum atomic E-state index is -3.94. The van der Waals surface area contributed by atoms with E-state index in [4.69, 9.17) is 14.2 Å². The molecule has 6 nitrogen and oxygen atoms in total. The smallest absolute Gasteiger partial charge is 0.264 e. The Kier molecular flexibility index (Phi) is 6.08. The highest BCUT2D eigenvalue weighted by Gasteiger charge is 2.30. The van der Waals surface area contributed by atoms with Crippen LogP contribution in [0.3, 0.4) is 0 Å². The summed E-state index contributed by atoms with van der Waals surface area (Å²) in [6, 6.07) is 19.4. The van der Waals surface area contributed by atoms with E-state index in [9.17, 15) is 8.42 Å². The van der Waals surface area contributed by atoms with Crippen LogP contribution in [0.4, 0.5) is 5.69 Å². The van der Waals surface area contributed by atoms with Gasteiger partial charge in [0.1, 0.15) is 11.4 Å². The maximum Gasteiger partial charge on any atom is 0.264 e. The van der Waals surface area contributed by atoms with Gasteiger partial charge in [0.2, 0.25) is 0 Å². The summed E-state index contributed by atoms with van der Waals surface area (Å²) in [6.07, 6.45) is 4.01. The molecule has 0 bridgehead atoms. The number of nitrogens with zero attached hydrogens (tertiary/aromatic N) is 1. The minimum Gasteiger partial charge on any atom is -0.493 e. The molecule has 1 heterocycles. The zero-order valence-corrected chi connectivity index (χ0v) is 19.9. The second-order valence-electron chi connectivity index (χ2n) is 8.24. The quantitative estimate of drug-likeness (QED) is 0.475. The Morgan fingerprint density at radius 2 is 1.64 bits per heavy atom. The van der Waals surface area contributed by atoms with Gasteiger partial charge in [-0.15, -0.1) is 0 Å². The summed E-state index contributed by atoms with van der Waals surface area (Å²) >= 11 is 0. The van der Waals surface area contributed by atoms with Gasteiger partial charge < -0.3 is 14.2 Å². The lowest BCUT2D eigenvalue weighted by Gasteiger charge is -2.31. The predicted octanol–water partition coefficient (Wildman–Crippen LogP) is 5.28. The summed E-state index contributed by atoms with van der Waals surface area (Å²) in [5.74, 6) is 1.49. The molecule has 1 aliphatic heterocycles. The molecule has 0 radical (unpaired) electrons. The fourth-order valence-electron chi connectivity index (χ4n) is 3.74. The summed E-state index contributed by atoms with van der Waals surface area (Å²) < 4.78 is 46.0. The molecule has 172 valence electrons. The number of ether oxygens (including phenoxy) is 3. The van der Waals surface area contributed by atoms with Gasteiger partial charge in [0.05, 0.1) is 31.3 Å². The van der Waals surface area contributed by atoms with Crippen molar-refractivity contribution in [1.29, 1.82) is 0 Å². The molecule has 3 aromatic rings. The van der Waals surface area contributed by atoms with Gasteiger partial charge in [-0.05, 0) is 44.2 Å². The van der Waals surface area contributed by atoms with E-state index < -0.39 is 15.6 Å². The average molecular weight is 466 g/mol. The molecule has 3 aromatic carbocycles. The van der Waals surface area contributed by atoms with Crippen molar-refractivity contribution < 1.29 is 22.6 Å². The molecule has 0 fully saturated rings. The van der Waals surface area contributed by atoms with Crippen molar-refractivity contribution in [3.05, 3.63) is 83.9 Å². The van der Waals surface area contributed by atoms with Gasteiger partial charge >= 0.3 is 0 Å². The predicted molar refractivity (Wildman–Crippen MR) is 130 cm³/mol. The third-order valence-corrected chi connectivity index (χ3v) is 7.23. The van der Waals surface area contributed by atoms with Crippen molar-refractivity contribution in [2.45, 2.75) is 30.9 Å². The zero-order chi connectivity index (χ0) is 23.6. The van der Waals surface area contributed by atoms with Gasteiger partial charge in [0.15, 0.2) is 11.5 Å². The molecule has 0 aliphatic carbocycles. The van der Waals surface area contributed by atoms with Crippen molar-refractivity contribution in [2.24, 2.45) is 0 Å². The number of para-hydroxylation sites is 2. The molecule has 0 N–H and O–H groups in total. The summed E-state index contributed by atoms with van der Waals surface area (Å²) in [5.41, 5.74) is 1.76. The Morgan fingerprint density at radius 3 is 2.33 bits per heavy atom. The number of hydrogen-bond acceptors (Lipinski definition) is 5. The monoisotopic (exact) mass is 465 g/mol. The highest BCUT2D eigenvalue weighted by molar-refractivity contribution is 7.92. The van der Waals surface area contributed by atoms with Gasteiger partial charge in [-0.2, -0.15) is 0 Å². The molecule has 0 atom stereocenters. The third kappa shape index (κ3) is 4.54. The van der Waals surface area contributed by atoms with E-state index in [1.807, 2.05) is 62.4 Å². The second-order valence-corrected chi connectivity index (χ2v) is 10.1. The van der Waals surface area contributed by atoms with E-state index in [-0.39, 0.29) is 11.4 Å². The molecular formula is C26H27NO5S. The molecular weight excluding hydrogens is 438 g/mol. The van der Waals surface area contributed by atoms with Crippen LogP contribution in [0.15, 0.2) is 77.7 Å². The lowest BCUT2D eigenvalue weighted by Crippen LogP contribution is -2.32. The van der Waals surface area contributed by atoms with Crippen molar-refractivity contribution >= 4 is 21.8 Å². The maximum absolute atomic E-state index is 13.9. The largest absolute Gasteiger partial charge is 0.493 e. The van der Waals surface area contributed by atoms with Crippen LogP contribution < -0.4 is 18.5 Å². The van der Waals surface area contributed by atoms with Crippen LogP contribution in [0.2, 0.25) is 0 Å². The standard InChI is InChI=1S/C26H27NO5S/c1-26(2)16-15-19-9-8-10-20(25(19)32-26)18-27(21-11-6-5-7-12-21)33(28,29)22-13-14-23(30-3)24(17-22)31-4/h5-17H,18H2,1-4H3. The molecule has 1 aliphatic rings. The second kappa shape index (κ2) is 8.83. The molecule has 0 aromatic heterocycles. The minimum absolute atomic E-state index is 0.105. The van der Waals surface area contributed by atoms with Crippen LogP contribution in [0.1, 0.15) is 25.0 Å². The summed E-state index contributed by atoms with van der Waals surface area (Å²) in [5, 5.41) is 0. The Morgan fingerprint density at radius 1 is 0.909 bits per heavy atom. The maximum atomic E-state index is 13.9. The fourth-order valence-corrected chi connectivity index (χ4v) is 5.20. The van der Waals surface area contributed by atoms with Crippen LogP contribution in [0.5, 0.6) is 17.2 Å². The Balaban J connectivity index is 1.81. The normalized spacial score (nSPS) is 14.2. The molecule has 33 heavy (non-hydrogen) atoms. The molecule has 0 saturated carbocycles. The van der Waals surface area contributed by atoms with E-state index >= 15 is 0 Å². The van der Waals surface area contributed by atoms with Crippen molar-refractivity contribution in [3.63, 3.8) is 0 Å². The summed E-state index contributed by atoms with van der Waals surface area (Å²) in [6.45, 7) is 4.05. The summed E-state index contributed by atoms with van der Waals surface area (Å²) in [4.78, 5) is 0.106. The van der Waals surface area contributed by atoms with Gasteiger partial charge in [-0.3, -0.25) is 4.31 Å². The molecule has 0 saturated heterocycles. The first-order chi connectivity index (χ1) is 15.7. The Labute approximate surface area is 195 Å². The van der Waals surface area contributed by atoms with Gasteiger partial charge in [0.25, 0.3) is 10.0 Å². The van der Waals surface area contributed by atoms with Crippen LogP contribution in [0.25, 0.3) is 6.08 Å². The fraction of sp³-hybridized carbons (Fsp3) is 0.231. The topological polar surface area (TPSA) is 65.1 Å². The average Bonchev–Trinajstić information content (AvgIpc) is 2.82. The van der Waals surface area contributed by atoms with E-state index in [1.54, 1.807) is 18.2 Å².